The average molecular weight is 587 g/mol. The van der Waals surface area contributed by atoms with Gasteiger partial charge in [-0.05, 0) is 0 Å². The van der Waals surface area contributed by atoms with Crippen molar-refractivity contribution in [2.24, 2.45) is 11.3 Å². The van der Waals surface area contributed by atoms with Gasteiger partial charge in [-0.3, -0.25) is 0 Å². The maximum absolute atomic E-state index is 14.0. The molecule has 2 aromatic heterocycles. The van der Waals surface area contributed by atoms with E-state index < -0.39 is 31.2 Å². The van der Waals surface area contributed by atoms with E-state index in [1.54, 1.807) is 17.4 Å². The molecule has 0 atom stereocenters. The van der Waals surface area contributed by atoms with Crippen molar-refractivity contribution in [2.45, 2.75) is 65.8 Å². The minimum atomic E-state index is -0.995. The molecule has 3 heterocycles. The van der Waals surface area contributed by atoms with Gasteiger partial charge in [0.25, 0.3) is 0 Å². The quantitative estimate of drug-likeness (QED) is 0.186. The molecule has 2 fully saturated rings. The van der Waals surface area contributed by atoms with Gasteiger partial charge >= 0.3 is 209 Å². The van der Waals surface area contributed by atoms with Crippen molar-refractivity contribution in [3.63, 3.8) is 0 Å². The Labute approximate surface area is 214 Å². The second-order valence-corrected chi connectivity index (χ2v) is 16.8. The van der Waals surface area contributed by atoms with Crippen LogP contribution < -0.4 is 0 Å². The normalized spacial score (nSPS) is 17.6. The summed E-state index contributed by atoms with van der Waals surface area (Å²) in [7, 11) is 0. The van der Waals surface area contributed by atoms with E-state index in [-0.39, 0.29) is 11.7 Å². The number of hydrogen-bond acceptors (Lipinski definition) is 3. The van der Waals surface area contributed by atoms with Gasteiger partial charge in [-0.15, -0.1) is 0 Å². The molecule has 0 spiro atoms. The number of carboxylic acids is 1. The molecule has 1 aliphatic heterocycles. The van der Waals surface area contributed by atoms with E-state index in [0.29, 0.717) is 18.5 Å². The number of halogens is 1. The van der Waals surface area contributed by atoms with Crippen LogP contribution in [0.2, 0.25) is 0 Å². The number of pyridine rings is 1. The minimum absolute atomic E-state index is 0.000205. The summed E-state index contributed by atoms with van der Waals surface area (Å²) in [6, 6.07) is 13.0. The number of aromatic nitrogens is 2. The molecule has 1 saturated heterocycles. The van der Waals surface area contributed by atoms with Gasteiger partial charge in [0, 0.05) is 0 Å². The fourth-order valence-corrected chi connectivity index (χ4v) is 9.45. The molecule has 5 nitrogen and oxygen atoms in total. The van der Waals surface area contributed by atoms with E-state index in [1.807, 2.05) is 13.0 Å². The Bertz CT molecular complexity index is 1270. The van der Waals surface area contributed by atoms with Crippen molar-refractivity contribution in [1.82, 2.24) is 9.55 Å². The number of carboxylic acid groups (broad SMARTS) is 1. The molecule has 1 N–H and O–H groups in total. The third kappa shape index (κ3) is 5.04. The molecular formula is C29H35IN2O3. The van der Waals surface area contributed by atoms with Crippen molar-refractivity contribution in [3.8, 4) is 0 Å². The first-order valence-corrected chi connectivity index (χ1v) is 16.8. The number of aliphatic carboxylic acids is 1. The van der Waals surface area contributed by atoms with Gasteiger partial charge in [0.1, 0.15) is 0 Å². The van der Waals surface area contributed by atoms with E-state index >= 15 is 0 Å². The van der Waals surface area contributed by atoms with E-state index in [9.17, 15) is 14.7 Å². The molecule has 0 unspecified atom stereocenters. The number of carbonyl (C=O) groups is 2. The molecule has 0 amide bonds. The summed E-state index contributed by atoms with van der Waals surface area (Å²) in [5, 5.41) is 9.96. The number of fused-ring (bicyclic) bond motifs is 1. The van der Waals surface area contributed by atoms with Gasteiger partial charge in [-0.25, -0.2) is 0 Å². The molecule has 0 radical (unpaired) electrons. The Hall–Kier alpha value is -2.22. The number of aryl methyl sites for hydroxylation is 1. The van der Waals surface area contributed by atoms with E-state index in [1.165, 1.54) is 20.8 Å². The molecule has 1 aromatic carbocycles. The van der Waals surface area contributed by atoms with Crippen molar-refractivity contribution >= 4 is 42.6 Å². The molecule has 35 heavy (non-hydrogen) atoms. The zero-order valence-corrected chi connectivity index (χ0v) is 23.1. The third-order valence-corrected chi connectivity index (χ3v) is 12.1. The van der Waals surface area contributed by atoms with Gasteiger partial charge in [-0.2, -0.15) is 0 Å². The first-order valence-electron chi connectivity index (χ1n) is 12.7. The predicted molar refractivity (Wildman–Crippen MR) is 148 cm³/mol. The zero-order valence-electron chi connectivity index (χ0n) is 20.9. The number of rotatable bonds is 8. The van der Waals surface area contributed by atoms with Gasteiger partial charge in [0.15, 0.2) is 0 Å². The number of nitrogens with zero attached hydrogens (tertiary/aromatic N) is 2. The Morgan fingerprint density at radius 1 is 1.06 bits per heavy atom. The summed E-state index contributed by atoms with van der Waals surface area (Å²) >= 11 is -0.805. The van der Waals surface area contributed by atoms with E-state index in [0.717, 1.165) is 48.1 Å². The van der Waals surface area contributed by atoms with Crippen LogP contribution >= 0.6 is 19.8 Å². The topological polar surface area (TPSA) is 72.2 Å². The molecule has 186 valence electrons. The summed E-state index contributed by atoms with van der Waals surface area (Å²) in [4.78, 5) is 31.0. The molecule has 3 aromatic rings. The van der Waals surface area contributed by atoms with E-state index in [4.69, 9.17) is 4.98 Å². The SMILES string of the molecule is Cc1ccc2c(n1)c(C(=O)C1CCCCC1)c(CC(C)(C)C(=O)O)n2Cc1ccc(I2CC2)cc1. The zero-order chi connectivity index (χ0) is 24.7. The number of hydrogen-bond donors (Lipinski definition) is 1. The number of ketones is 1. The Kier molecular flexibility index (Phi) is 6.77. The van der Waals surface area contributed by atoms with Crippen LogP contribution in [0.1, 0.15) is 73.3 Å². The van der Waals surface area contributed by atoms with Gasteiger partial charge in [0.2, 0.25) is 0 Å². The number of carbonyl (C=O) groups excluding carboxylic acids is 1. The molecule has 1 aliphatic carbocycles. The van der Waals surface area contributed by atoms with Gasteiger partial charge < -0.3 is 0 Å². The summed E-state index contributed by atoms with van der Waals surface area (Å²) in [6.45, 7) is 6.06. The van der Waals surface area contributed by atoms with Crippen LogP contribution in [0.5, 0.6) is 0 Å². The fourth-order valence-electron chi connectivity index (χ4n) is 5.26. The second-order valence-electron chi connectivity index (χ2n) is 10.8. The van der Waals surface area contributed by atoms with Crippen LogP contribution in [0.4, 0.5) is 0 Å². The first-order chi connectivity index (χ1) is 16.7. The van der Waals surface area contributed by atoms with Crippen LogP contribution in [0, 0.1) is 21.8 Å². The van der Waals surface area contributed by atoms with Crippen molar-refractivity contribution in [2.75, 3.05) is 8.86 Å². The summed E-state index contributed by atoms with van der Waals surface area (Å²) in [6.07, 6.45) is 5.45. The Balaban J connectivity index is 1.65. The summed E-state index contributed by atoms with van der Waals surface area (Å²) < 4.78 is 6.58. The maximum atomic E-state index is 14.0. The van der Waals surface area contributed by atoms with Crippen molar-refractivity contribution in [3.05, 3.63) is 62.5 Å². The predicted octanol–water partition coefficient (Wildman–Crippen LogP) is 6.50. The third-order valence-electron chi connectivity index (χ3n) is 7.51. The molecule has 5 rings (SSSR count). The number of alkyl halides is 2. The van der Waals surface area contributed by atoms with Crippen LogP contribution in [0.25, 0.3) is 11.0 Å². The molecule has 6 heteroatoms. The summed E-state index contributed by atoms with van der Waals surface area (Å²) in [5.74, 6) is -0.701. The van der Waals surface area contributed by atoms with E-state index in [2.05, 4.69) is 34.9 Å². The van der Waals surface area contributed by atoms with Crippen molar-refractivity contribution in [1.29, 1.82) is 0 Å². The fraction of sp³-hybridized carbons (Fsp3) is 0.483. The molecule has 2 aliphatic rings. The van der Waals surface area contributed by atoms with Crippen LogP contribution in [-0.4, -0.2) is 35.3 Å². The Morgan fingerprint density at radius 3 is 2.37 bits per heavy atom. The first kappa shape index (κ1) is 24.5. The standard InChI is InChI=1S/C29H35IN2O3/c1-19-9-14-23-26(31-19)25(27(33)21-7-5-4-6-8-21)24(17-29(2,3)28(34)35)32(23)18-20-10-12-22(13-11-20)30-15-16-30/h9-14,21H,4-8,15-18H2,1-3H3,(H,34,35). The van der Waals surface area contributed by atoms with Crippen LogP contribution in [-0.2, 0) is 17.8 Å². The molecule has 1 saturated carbocycles. The molecule has 0 bridgehead atoms. The van der Waals surface area contributed by atoms with Gasteiger partial charge in [0.05, 0.1) is 0 Å². The van der Waals surface area contributed by atoms with Gasteiger partial charge in [-0.1, -0.05) is 6.42 Å². The number of Topliss-reactive ketones (excluding diaryl/α,β-unsaturated/α-hetero) is 1. The average Bonchev–Trinajstić information content (AvgIpc) is 3.65. The van der Waals surface area contributed by atoms with Crippen LogP contribution in [0.3, 0.4) is 0 Å². The molecular weight excluding hydrogens is 551 g/mol. The van der Waals surface area contributed by atoms with Crippen LogP contribution in [0.15, 0.2) is 36.4 Å². The second kappa shape index (κ2) is 9.68. The number of benzene rings is 1. The monoisotopic (exact) mass is 586 g/mol. The summed E-state index contributed by atoms with van der Waals surface area (Å²) in [5.41, 5.74) is 4.19. The van der Waals surface area contributed by atoms with Crippen molar-refractivity contribution < 1.29 is 14.7 Å². The Morgan fingerprint density at radius 2 is 1.74 bits per heavy atom.